The molecule has 0 fully saturated rings. The van der Waals surface area contributed by atoms with Crippen LogP contribution in [0.25, 0.3) is 11.0 Å². The van der Waals surface area contributed by atoms with E-state index in [1.165, 1.54) is 0 Å². The van der Waals surface area contributed by atoms with Crippen LogP contribution in [-0.2, 0) is 4.74 Å². The van der Waals surface area contributed by atoms with Crippen LogP contribution in [0.15, 0.2) is 65.6 Å². The molecule has 0 radical (unpaired) electrons. The third-order valence-corrected chi connectivity index (χ3v) is 4.07. The van der Waals surface area contributed by atoms with Gasteiger partial charge in [-0.3, -0.25) is 4.79 Å². The molecule has 0 bridgehead atoms. The number of fused-ring (bicyclic) bond motifs is 1. The Morgan fingerprint density at radius 3 is 2.79 bits per heavy atom. The van der Waals surface area contributed by atoms with Crippen molar-refractivity contribution in [1.82, 2.24) is 5.32 Å². The van der Waals surface area contributed by atoms with Crippen molar-refractivity contribution in [2.24, 2.45) is 5.92 Å². The standard InChI is InChI=1S/C23H29NO4/c1-5-7-18(6-2)16-26-13-11-24-23(25)22-15-19-14-20(8-9-21(19)28-22)27-12-10-17(3)4/h5-9,14-15,17H,1-2,10-13,16H2,3-4H3,(H,24,25)/b18-7+. The first-order valence-corrected chi connectivity index (χ1v) is 9.50. The summed E-state index contributed by atoms with van der Waals surface area (Å²) in [5, 5.41) is 3.63. The molecule has 0 saturated heterocycles. The summed E-state index contributed by atoms with van der Waals surface area (Å²) in [5.74, 6) is 1.37. The van der Waals surface area contributed by atoms with Gasteiger partial charge in [0.25, 0.3) is 5.91 Å². The molecule has 1 heterocycles. The number of amides is 1. The number of furan rings is 1. The van der Waals surface area contributed by atoms with E-state index in [4.69, 9.17) is 13.9 Å². The Bertz CT molecular complexity index is 832. The number of ether oxygens (including phenoxy) is 2. The van der Waals surface area contributed by atoms with E-state index in [0.717, 1.165) is 23.1 Å². The van der Waals surface area contributed by atoms with Gasteiger partial charge >= 0.3 is 0 Å². The van der Waals surface area contributed by atoms with Crippen LogP contribution in [0.5, 0.6) is 5.75 Å². The zero-order valence-electron chi connectivity index (χ0n) is 16.7. The maximum Gasteiger partial charge on any atom is 0.287 e. The zero-order valence-corrected chi connectivity index (χ0v) is 16.7. The van der Waals surface area contributed by atoms with Crippen LogP contribution < -0.4 is 10.1 Å². The fourth-order valence-electron chi connectivity index (χ4n) is 2.48. The summed E-state index contributed by atoms with van der Waals surface area (Å²) in [6.07, 6.45) is 6.23. The molecule has 1 aromatic heterocycles. The van der Waals surface area contributed by atoms with Gasteiger partial charge in [-0.15, -0.1) is 0 Å². The number of carbonyl (C=O) groups is 1. The molecule has 0 aliphatic rings. The number of rotatable bonds is 12. The fourth-order valence-corrected chi connectivity index (χ4v) is 2.48. The average Bonchev–Trinajstić information content (AvgIpc) is 3.10. The summed E-state index contributed by atoms with van der Waals surface area (Å²) < 4.78 is 16.9. The lowest BCUT2D eigenvalue weighted by Crippen LogP contribution is -2.27. The second kappa shape index (κ2) is 11.1. The number of carbonyl (C=O) groups excluding carboxylic acids is 1. The zero-order chi connectivity index (χ0) is 20.4. The Morgan fingerprint density at radius 1 is 1.25 bits per heavy atom. The molecule has 0 aliphatic carbocycles. The normalized spacial score (nSPS) is 11.6. The van der Waals surface area contributed by atoms with Crippen molar-refractivity contribution in [2.45, 2.75) is 20.3 Å². The lowest BCUT2D eigenvalue weighted by Gasteiger charge is -2.07. The number of allylic oxidation sites excluding steroid dienone is 2. The van der Waals surface area contributed by atoms with E-state index in [-0.39, 0.29) is 11.7 Å². The largest absolute Gasteiger partial charge is 0.494 e. The van der Waals surface area contributed by atoms with Crippen molar-refractivity contribution < 1.29 is 18.7 Å². The maximum absolute atomic E-state index is 12.3. The first-order valence-electron chi connectivity index (χ1n) is 9.50. The lowest BCUT2D eigenvalue weighted by atomic mass is 10.1. The molecule has 0 atom stereocenters. The number of hydrogen-bond donors (Lipinski definition) is 1. The van der Waals surface area contributed by atoms with Crippen molar-refractivity contribution in [3.8, 4) is 5.75 Å². The quantitative estimate of drug-likeness (QED) is 0.418. The second-order valence-corrected chi connectivity index (χ2v) is 6.83. The minimum atomic E-state index is -0.271. The maximum atomic E-state index is 12.3. The summed E-state index contributed by atoms with van der Waals surface area (Å²) in [7, 11) is 0. The third-order valence-electron chi connectivity index (χ3n) is 4.07. The number of hydrogen-bond acceptors (Lipinski definition) is 4. The van der Waals surface area contributed by atoms with E-state index in [1.54, 1.807) is 18.2 Å². The van der Waals surface area contributed by atoms with Crippen LogP contribution in [0.3, 0.4) is 0 Å². The topological polar surface area (TPSA) is 60.7 Å². The van der Waals surface area contributed by atoms with Crippen LogP contribution in [0.2, 0.25) is 0 Å². The van der Waals surface area contributed by atoms with Crippen molar-refractivity contribution in [3.05, 3.63) is 67.0 Å². The molecule has 150 valence electrons. The average molecular weight is 383 g/mol. The first kappa shape index (κ1) is 21.5. The van der Waals surface area contributed by atoms with Crippen LogP contribution in [0.1, 0.15) is 30.8 Å². The molecule has 0 saturated carbocycles. The van der Waals surface area contributed by atoms with Crippen molar-refractivity contribution in [3.63, 3.8) is 0 Å². The molecule has 28 heavy (non-hydrogen) atoms. The summed E-state index contributed by atoms with van der Waals surface area (Å²) in [5.41, 5.74) is 1.59. The minimum absolute atomic E-state index is 0.271. The molecular weight excluding hydrogens is 354 g/mol. The molecule has 5 heteroatoms. The predicted molar refractivity (Wildman–Crippen MR) is 113 cm³/mol. The van der Waals surface area contributed by atoms with Crippen LogP contribution in [-0.4, -0.2) is 32.3 Å². The van der Waals surface area contributed by atoms with Gasteiger partial charge in [0.05, 0.1) is 19.8 Å². The van der Waals surface area contributed by atoms with E-state index in [1.807, 2.05) is 24.3 Å². The summed E-state index contributed by atoms with van der Waals surface area (Å²) in [6.45, 7) is 13.5. The number of nitrogens with one attached hydrogen (secondary N) is 1. The number of benzene rings is 1. The van der Waals surface area contributed by atoms with E-state index in [2.05, 4.69) is 32.3 Å². The smallest absolute Gasteiger partial charge is 0.287 e. The SMILES string of the molecule is C=C/C=C(\C=C)COCCNC(=O)c1cc2cc(OCCC(C)C)ccc2o1. The Balaban J connectivity index is 1.83. The molecule has 0 spiro atoms. The molecule has 5 nitrogen and oxygen atoms in total. The van der Waals surface area contributed by atoms with E-state index < -0.39 is 0 Å². The highest BCUT2D eigenvalue weighted by atomic mass is 16.5. The van der Waals surface area contributed by atoms with Gasteiger partial charge in [-0.25, -0.2) is 0 Å². The predicted octanol–water partition coefficient (Wildman–Crippen LogP) is 4.90. The van der Waals surface area contributed by atoms with Crippen molar-refractivity contribution >= 4 is 16.9 Å². The fraction of sp³-hybridized carbons (Fsp3) is 0.348. The monoisotopic (exact) mass is 383 g/mol. The van der Waals surface area contributed by atoms with Gasteiger partial charge in [-0.1, -0.05) is 45.2 Å². The lowest BCUT2D eigenvalue weighted by molar-refractivity contribution is 0.0902. The molecule has 2 rings (SSSR count). The highest BCUT2D eigenvalue weighted by molar-refractivity contribution is 5.96. The molecule has 1 N–H and O–H groups in total. The Kier molecular flexibility index (Phi) is 8.56. The Morgan fingerprint density at radius 2 is 2.07 bits per heavy atom. The Hall–Kier alpha value is -2.79. The van der Waals surface area contributed by atoms with Gasteiger partial charge in [0, 0.05) is 11.9 Å². The van der Waals surface area contributed by atoms with Crippen LogP contribution >= 0.6 is 0 Å². The Labute approximate surface area is 166 Å². The van der Waals surface area contributed by atoms with E-state index in [0.29, 0.717) is 37.9 Å². The van der Waals surface area contributed by atoms with Crippen molar-refractivity contribution in [1.29, 1.82) is 0 Å². The highest BCUT2D eigenvalue weighted by Crippen LogP contribution is 2.24. The van der Waals surface area contributed by atoms with Gasteiger partial charge < -0.3 is 19.2 Å². The highest BCUT2D eigenvalue weighted by Gasteiger charge is 2.12. The van der Waals surface area contributed by atoms with E-state index in [9.17, 15) is 4.79 Å². The van der Waals surface area contributed by atoms with E-state index >= 15 is 0 Å². The first-order chi connectivity index (χ1) is 13.5. The van der Waals surface area contributed by atoms with Gasteiger partial charge in [0.1, 0.15) is 11.3 Å². The van der Waals surface area contributed by atoms with Gasteiger partial charge in [-0.05, 0) is 42.2 Å². The summed E-state index contributed by atoms with van der Waals surface area (Å²) >= 11 is 0. The van der Waals surface area contributed by atoms with Crippen LogP contribution in [0, 0.1) is 5.92 Å². The third kappa shape index (κ3) is 6.74. The van der Waals surface area contributed by atoms with Crippen molar-refractivity contribution in [2.75, 3.05) is 26.4 Å². The molecule has 1 amide bonds. The summed E-state index contributed by atoms with van der Waals surface area (Å²) in [4.78, 5) is 12.3. The molecule has 0 unspecified atom stereocenters. The molecule has 2 aromatic rings. The van der Waals surface area contributed by atoms with Crippen LogP contribution in [0.4, 0.5) is 0 Å². The molecule has 0 aliphatic heterocycles. The van der Waals surface area contributed by atoms with Gasteiger partial charge in [0.15, 0.2) is 5.76 Å². The second-order valence-electron chi connectivity index (χ2n) is 6.83. The minimum Gasteiger partial charge on any atom is -0.494 e. The van der Waals surface area contributed by atoms with Gasteiger partial charge in [-0.2, -0.15) is 0 Å². The summed E-state index contributed by atoms with van der Waals surface area (Å²) in [6, 6.07) is 7.30. The molecular formula is C23H29NO4. The van der Waals surface area contributed by atoms with Gasteiger partial charge in [0.2, 0.25) is 0 Å². The molecule has 1 aromatic carbocycles.